The largest absolute Gasteiger partial charge is 0.488 e. The fourth-order valence-electron chi connectivity index (χ4n) is 4.95. The van der Waals surface area contributed by atoms with E-state index in [0.717, 1.165) is 33.6 Å². The van der Waals surface area contributed by atoms with Gasteiger partial charge in [0.2, 0.25) is 0 Å². The predicted molar refractivity (Wildman–Crippen MR) is 116 cm³/mol. The first-order chi connectivity index (χ1) is 13.6. The van der Waals surface area contributed by atoms with Crippen LogP contribution in [0.15, 0.2) is 41.8 Å². The minimum absolute atomic E-state index is 0.0563. The van der Waals surface area contributed by atoms with Gasteiger partial charge in [0.05, 0.1) is 4.88 Å². The molecule has 4 heteroatoms. The Labute approximate surface area is 171 Å². The maximum Gasteiger partial charge on any atom is 0.261 e. The lowest BCUT2D eigenvalue weighted by Gasteiger charge is -2.28. The van der Waals surface area contributed by atoms with E-state index in [4.69, 9.17) is 4.74 Å². The van der Waals surface area contributed by atoms with Crippen LogP contribution in [0, 0.1) is 17.8 Å². The van der Waals surface area contributed by atoms with Gasteiger partial charge in [-0.05, 0) is 68.4 Å². The number of rotatable bonds is 7. The zero-order valence-corrected chi connectivity index (χ0v) is 17.5. The van der Waals surface area contributed by atoms with Gasteiger partial charge < -0.3 is 10.1 Å². The van der Waals surface area contributed by atoms with Crippen molar-refractivity contribution in [2.75, 3.05) is 0 Å². The summed E-state index contributed by atoms with van der Waals surface area (Å²) in [6.45, 7) is 4.65. The maximum atomic E-state index is 12.7. The number of fused-ring (bicyclic) bond motifs is 2. The Bertz CT molecular complexity index is 856. The van der Waals surface area contributed by atoms with Crippen LogP contribution < -0.4 is 10.1 Å². The molecular weight excluding hydrogens is 366 g/mol. The Balaban J connectivity index is 1.33. The van der Waals surface area contributed by atoms with E-state index in [1.165, 1.54) is 37.0 Å². The van der Waals surface area contributed by atoms with Crippen LogP contribution in [0.3, 0.4) is 0 Å². The summed E-state index contributed by atoms with van der Waals surface area (Å²) in [6.07, 6.45) is 9.46. The average Bonchev–Trinajstić information content (AvgIpc) is 3.44. The predicted octanol–water partition coefficient (Wildman–Crippen LogP) is 5.91. The van der Waals surface area contributed by atoms with Crippen LogP contribution in [0.2, 0.25) is 0 Å². The summed E-state index contributed by atoms with van der Waals surface area (Å²) in [6, 6.07) is 10.2. The number of nitrogens with one attached hydrogen (secondary N) is 1. The molecule has 28 heavy (non-hydrogen) atoms. The van der Waals surface area contributed by atoms with Gasteiger partial charge in [-0.1, -0.05) is 36.8 Å². The summed E-state index contributed by atoms with van der Waals surface area (Å²) < 4.78 is 5.99. The lowest BCUT2D eigenvalue weighted by atomic mass is 9.84. The van der Waals surface area contributed by atoms with E-state index < -0.39 is 0 Å². The molecular formula is C24H29NO2S. The summed E-state index contributed by atoms with van der Waals surface area (Å²) in [7, 11) is 0. The van der Waals surface area contributed by atoms with Crippen LogP contribution in [-0.4, -0.2) is 11.9 Å². The summed E-state index contributed by atoms with van der Waals surface area (Å²) in [5.41, 5.74) is 2.11. The van der Waals surface area contributed by atoms with Crippen molar-refractivity contribution in [3.8, 4) is 5.75 Å². The highest BCUT2D eigenvalue weighted by molar-refractivity contribution is 7.12. The van der Waals surface area contributed by atoms with Gasteiger partial charge in [-0.2, -0.15) is 0 Å². The molecule has 1 heterocycles. The zero-order valence-electron chi connectivity index (χ0n) is 16.7. The van der Waals surface area contributed by atoms with Crippen molar-refractivity contribution in [1.82, 2.24) is 5.32 Å². The molecule has 4 rings (SSSR count). The second kappa shape index (κ2) is 8.52. The molecule has 2 saturated carbocycles. The molecule has 4 unspecified atom stereocenters. The van der Waals surface area contributed by atoms with Crippen LogP contribution in [0.4, 0.5) is 0 Å². The molecule has 148 valence electrons. The van der Waals surface area contributed by atoms with Crippen LogP contribution in [0.5, 0.6) is 5.75 Å². The first-order valence-corrected chi connectivity index (χ1v) is 11.2. The normalized spacial score (nSPS) is 24.6. The van der Waals surface area contributed by atoms with Gasteiger partial charge in [-0.15, -0.1) is 11.3 Å². The number of hydrogen-bond acceptors (Lipinski definition) is 3. The second-order valence-electron chi connectivity index (χ2n) is 8.25. The Kier molecular flexibility index (Phi) is 5.86. The summed E-state index contributed by atoms with van der Waals surface area (Å²) >= 11 is 1.50. The van der Waals surface area contributed by atoms with Crippen LogP contribution in [0.25, 0.3) is 6.08 Å². The molecule has 4 atom stereocenters. The monoisotopic (exact) mass is 395 g/mol. The second-order valence-corrected chi connectivity index (χ2v) is 9.16. The SMILES string of the molecule is C/C=C/c1ccccc1OCc1csc(C(=O)NC(C)C2CC3CCC2C3)c1. The maximum absolute atomic E-state index is 12.7. The van der Waals surface area contributed by atoms with Gasteiger partial charge in [-0.25, -0.2) is 0 Å². The minimum Gasteiger partial charge on any atom is -0.488 e. The molecule has 0 saturated heterocycles. The Morgan fingerprint density at radius 3 is 2.93 bits per heavy atom. The highest BCUT2D eigenvalue weighted by Gasteiger charge is 2.42. The van der Waals surface area contributed by atoms with E-state index in [1.54, 1.807) is 0 Å². The number of benzene rings is 1. The van der Waals surface area contributed by atoms with Gasteiger partial charge in [0.1, 0.15) is 12.4 Å². The third kappa shape index (κ3) is 4.17. The molecule has 0 radical (unpaired) electrons. The van der Waals surface area contributed by atoms with E-state index in [2.05, 4.69) is 12.2 Å². The van der Waals surface area contributed by atoms with E-state index in [9.17, 15) is 4.79 Å². The highest BCUT2D eigenvalue weighted by Crippen LogP contribution is 2.49. The molecule has 2 aliphatic carbocycles. The Hall–Kier alpha value is -2.07. The molecule has 1 amide bonds. The summed E-state index contributed by atoms with van der Waals surface area (Å²) in [5.74, 6) is 3.31. The van der Waals surface area contributed by atoms with Crippen LogP contribution in [-0.2, 0) is 6.61 Å². The number of amides is 1. The van der Waals surface area contributed by atoms with Crippen molar-refractivity contribution >= 4 is 23.3 Å². The van der Waals surface area contributed by atoms with Gasteiger partial charge in [-0.3, -0.25) is 4.79 Å². The van der Waals surface area contributed by atoms with Gasteiger partial charge in [0, 0.05) is 17.2 Å². The number of allylic oxidation sites excluding steroid dienone is 1. The quantitative estimate of drug-likeness (QED) is 0.632. The first-order valence-electron chi connectivity index (χ1n) is 10.4. The number of hydrogen-bond donors (Lipinski definition) is 1. The topological polar surface area (TPSA) is 38.3 Å². The molecule has 2 aliphatic rings. The van der Waals surface area contributed by atoms with Gasteiger partial charge >= 0.3 is 0 Å². The van der Waals surface area contributed by atoms with Gasteiger partial charge in [0.25, 0.3) is 5.91 Å². The van der Waals surface area contributed by atoms with Crippen molar-refractivity contribution < 1.29 is 9.53 Å². The molecule has 3 nitrogen and oxygen atoms in total. The number of carbonyl (C=O) groups is 1. The standard InChI is InChI=1S/C24H29NO2S/c1-3-6-19-7-4-5-8-22(19)27-14-18-13-23(28-15-18)24(26)25-16(2)21-12-17-9-10-20(21)11-17/h3-8,13,15-17,20-21H,9-12,14H2,1-2H3,(H,25,26)/b6-3+. The lowest BCUT2D eigenvalue weighted by molar-refractivity contribution is 0.0919. The fraction of sp³-hybridized carbons (Fsp3) is 0.458. The van der Waals surface area contributed by atoms with Crippen molar-refractivity contribution in [3.05, 3.63) is 57.8 Å². The fourth-order valence-corrected chi connectivity index (χ4v) is 5.75. The third-order valence-corrected chi connectivity index (χ3v) is 7.31. The number of para-hydroxylation sites is 1. The number of thiophene rings is 1. The molecule has 2 aromatic rings. The molecule has 2 bridgehead atoms. The summed E-state index contributed by atoms with van der Waals surface area (Å²) in [4.78, 5) is 13.5. The molecule has 2 fully saturated rings. The Morgan fingerprint density at radius 1 is 1.32 bits per heavy atom. The Morgan fingerprint density at radius 2 is 2.18 bits per heavy atom. The third-order valence-electron chi connectivity index (χ3n) is 6.33. The van der Waals surface area contributed by atoms with E-state index in [1.807, 2.05) is 54.8 Å². The molecule has 0 aliphatic heterocycles. The van der Waals surface area contributed by atoms with Crippen molar-refractivity contribution in [3.63, 3.8) is 0 Å². The molecule has 1 aromatic carbocycles. The molecule has 0 spiro atoms. The van der Waals surface area contributed by atoms with Crippen LogP contribution in [0.1, 0.15) is 60.3 Å². The van der Waals surface area contributed by atoms with Crippen LogP contribution >= 0.6 is 11.3 Å². The van der Waals surface area contributed by atoms with Crippen molar-refractivity contribution in [1.29, 1.82) is 0 Å². The average molecular weight is 396 g/mol. The van der Waals surface area contributed by atoms with E-state index in [0.29, 0.717) is 12.5 Å². The molecule has 1 aromatic heterocycles. The van der Waals surface area contributed by atoms with E-state index in [-0.39, 0.29) is 11.9 Å². The smallest absolute Gasteiger partial charge is 0.261 e. The lowest BCUT2D eigenvalue weighted by Crippen LogP contribution is -2.39. The zero-order chi connectivity index (χ0) is 19.5. The summed E-state index contributed by atoms with van der Waals surface area (Å²) in [5, 5.41) is 5.28. The van der Waals surface area contributed by atoms with E-state index >= 15 is 0 Å². The van der Waals surface area contributed by atoms with Crippen molar-refractivity contribution in [2.24, 2.45) is 17.8 Å². The molecule has 1 N–H and O–H groups in total. The van der Waals surface area contributed by atoms with Crippen molar-refractivity contribution in [2.45, 2.75) is 52.2 Å². The highest BCUT2D eigenvalue weighted by atomic mass is 32.1. The number of carbonyl (C=O) groups excluding carboxylic acids is 1. The number of ether oxygens (including phenoxy) is 1. The van der Waals surface area contributed by atoms with Gasteiger partial charge in [0.15, 0.2) is 0 Å². The first kappa shape index (κ1) is 19.3. The minimum atomic E-state index is 0.0563.